The second-order valence-corrected chi connectivity index (χ2v) is 5.46. The fourth-order valence-corrected chi connectivity index (χ4v) is 2.57. The summed E-state index contributed by atoms with van der Waals surface area (Å²) in [5.41, 5.74) is 1.56. The van der Waals surface area contributed by atoms with Crippen LogP contribution < -0.4 is 14.8 Å². The van der Waals surface area contributed by atoms with Gasteiger partial charge in [-0.1, -0.05) is 18.2 Å². The molecule has 0 spiro atoms. The standard InChI is InChI=1S/C19H18FN3O3/c1-25-17-8-3-5-13(18(17)26-2)12-21-19(24)16-9-10-23(22-16)15-7-4-6-14(20)11-15/h3-11H,12H2,1-2H3,(H,21,24). The van der Waals surface area contributed by atoms with Gasteiger partial charge in [-0.3, -0.25) is 4.79 Å². The Kier molecular flexibility index (Phi) is 5.17. The van der Waals surface area contributed by atoms with Crippen LogP contribution in [0.3, 0.4) is 0 Å². The number of hydrogen-bond acceptors (Lipinski definition) is 4. The molecule has 0 aliphatic rings. The zero-order valence-corrected chi connectivity index (χ0v) is 14.4. The van der Waals surface area contributed by atoms with Crippen molar-refractivity contribution in [2.75, 3.05) is 14.2 Å². The molecular formula is C19H18FN3O3. The van der Waals surface area contributed by atoms with E-state index in [2.05, 4.69) is 10.4 Å². The van der Waals surface area contributed by atoms with Gasteiger partial charge < -0.3 is 14.8 Å². The highest BCUT2D eigenvalue weighted by molar-refractivity contribution is 5.92. The summed E-state index contributed by atoms with van der Waals surface area (Å²) in [5.74, 6) is 0.453. The molecule has 0 aliphatic carbocycles. The van der Waals surface area contributed by atoms with E-state index in [0.717, 1.165) is 5.56 Å². The van der Waals surface area contributed by atoms with Gasteiger partial charge in [0.15, 0.2) is 17.2 Å². The molecule has 1 N–H and O–H groups in total. The summed E-state index contributed by atoms with van der Waals surface area (Å²) in [6, 6.07) is 13.0. The van der Waals surface area contributed by atoms with Gasteiger partial charge in [0.05, 0.1) is 19.9 Å². The van der Waals surface area contributed by atoms with E-state index in [1.165, 1.54) is 16.8 Å². The predicted molar refractivity (Wildman–Crippen MR) is 94.2 cm³/mol. The number of benzene rings is 2. The maximum absolute atomic E-state index is 13.3. The van der Waals surface area contributed by atoms with Crippen LogP contribution in [0.25, 0.3) is 5.69 Å². The highest BCUT2D eigenvalue weighted by Crippen LogP contribution is 2.30. The number of nitrogens with one attached hydrogen (secondary N) is 1. The van der Waals surface area contributed by atoms with Crippen LogP contribution >= 0.6 is 0 Å². The molecule has 2 aromatic carbocycles. The van der Waals surface area contributed by atoms with Crippen molar-refractivity contribution in [1.29, 1.82) is 0 Å². The summed E-state index contributed by atoms with van der Waals surface area (Å²) in [6.45, 7) is 0.256. The summed E-state index contributed by atoms with van der Waals surface area (Å²) in [5, 5.41) is 6.99. The number of nitrogens with zero attached hydrogens (tertiary/aromatic N) is 2. The highest BCUT2D eigenvalue weighted by Gasteiger charge is 2.13. The smallest absolute Gasteiger partial charge is 0.272 e. The van der Waals surface area contributed by atoms with Crippen LogP contribution in [-0.2, 0) is 6.54 Å². The fourth-order valence-electron chi connectivity index (χ4n) is 2.57. The van der Waals surface area contributed by atoms with Crippen LogP contribution in [0.2, 0.25) is 0 Å². The van der Waals surface area contributed by atoms with Crippen molar-refractivity contribution in [2.24, 2.45) is 0 Å². The lowest BCUT2D eigenvalue weighted by Gasteiger charge is -2.12. The van der Waals surface area contributed by atoms with Gasteiger partial charge in [-0.05, 0) is 30.3 Å². The molecule has 3 aromatic rings. The lowest BCUT2D eigenvalue weighted by molar-refractivity contribution is 0.0945. The van der Waals surface area contributed by atoms with Crippen molar-refractivity contribution in [3.63, 3.8) is 0 Å². The maximum atomic E-state index is 13.3. The first-order valence-corrected chi connectivity index (χ1v) is 7.92. The maximum Gasteiger partial charge on any atom is 0.272 e. The summed E-state index contributed by atoms with van der Waals surface area (Å²) in [7, 11) is 3.10. The monoisotopic (exact) mass is 355 g/mol. The predicted octanol–water partition coefficient (Wildman–Crippen LogP) is 2.96. The molecule has 0 bridgehead atoms. The first-order valence-electron chi connectivity index (χ1n) is 7.92. The van der Waals surface area contributed by atoms with E-state index < -0.39 is 0 Å². The van der Waals surface area contributed by atoms with Crippen molar-refractivity contribution in [3.8, 4) is 17.2 Å². The fraction of sp³-hybridized carbons (Fsp3) is 0.158. The van der Waals surface area contributed by atoms with E-state index in [4.69, 9.17) is 9.47 Å². The molecule has 26 heavy (non-hydrogen) atoms. The molecule has 0 fully saturated rings. The molecule has 0 atom stereocenters. The van der Waals surface area contributed by atoms with Gasteiger partial charge in [-0.15, -0.1) is 0 Å². The molecule has 134 valence electrons. The molecule has 0 radical (unpaired) electrons. The number of amides is 1. The Morgan fingerprint density at radius 3 is 2.69 bits per heavy atom. The van der Waals surface area contributed by atoms with Gasteiger partial charge in [0.2, 0.25) is 0 Å². The zero-order chi connectivity index (χ0) is 18.5. The number of ether oxygens (including phenoxy) is 2. The Labute approximate surface area is 150 Å². The molecule has 0 unspecified atom stereocenters. The van der Waals surface area contributed by atoms with Gasteiger partial charge >= 0.3 is 0 Å². The van der Waals surface area contributed by atoms with E-state index in [0.29, 0.717) is 17.2 Å². The normalized spacial score (nSPS) is 10.4. The first-order chi connectivity index (χ1) is 12.6. The molecule has 1 aromatic heterocycles. The minimum atomic E-state index is -0.367. The number of hydrogen-bond donors (Lipinski definition) is 1. The molecule has 7 heteroatoms. The van der Waals surface area contributed by atoms with Crippen LogP contribution in [0, 0.1) is 5.82 Å². The topological polar surface area (TPSA) is 65.4 Å². The average Bonchev–Trinajstić information content (AvgIpc) is 3.16. The third-order valence-corrected chi connectivity index (χ3v) is 3.82. The quantitative estimate of drug-likeness (QED) is 0.738. The van der Waals surface area contributed by atoms with Crippen LogP contribution in [-0.4, -0.2) is 29.9 Å². The van der Waals surface area contributed by atoms with Crippen molar-refractivity contribution in [2.45, 2.75) is 6.54 Å². The van der Waals surface area contributed by atoms with E-state index in [1.807, 2.05) is 12.1 Å². The Hall–Kier alpha value is -3.35. The minimum absolute atomic E-state index is 0.233. The number of halogens is 1. The van der Waals surface area contributed by atoms with Gasteiger partial charge in [0.1, 0.15) is 5.82 Å². The zero-order valence-electron chi connectivity index (χ0n) is 14.4. The second kappa shape index (κ2) is 7.69. The summed E-state index contributed by atoms with van der Waals surface area (Å²) >= 11 is 0. The Morgan fingerprint density at radius 1 is 1.15 bits per heavy atom. The molecule has 1 amide bonds. The van der Waals surface area contributed by atoms with E-state index in [1.54, 1.807) is 44.7 Å². The minimum Gasteiger partial charge on any atom is -0.493 e. The van der Waals surface area contributed by atoms with Crippen molar-refractivity contribution in [3.05, 3.63) is 71.8 Å². The third-order valence-electron chi connectivity index (χ3n) is 3.82. The van der Waals surface area contributed by atoms with Crippen LogP contribution in [0.1, 0.15) is 16.1 Å². The molecular weight excluding hydrogens is 337 g/mol. The molecule has 1 heterocycles. The lowest BCUT2D eigenvalue weighted by Crippen LogP contribution is -2.23. The molecule has 0 saturated heterocycles. The van der Waals surface area contributed by atoms with Gasteiger partial charge in [0.25, 0.3) is 5.91 Å². The Balaban J connectivity index is 1.72. The molecule has 3 rings (SSSR count). The largest absolute Gasteiger partial charge is 0.493 e. The number of carbonyl (C=O) groups excluding carboxylic acids is 1. The average molecular weight is 355 g/mol. The summed E-state index contributed by atoms with van der Waals surface area (Å²) in [6.07, 6.45) is 1.61. The van der Waals surface area contributed by atoms with Crippen molar-refractivity contribution >= 4 is 5.91 Å². The first kappa shape index (κ1) is 17.5. The highest BCUT2D eigenvalue weighted by atomic mass is 19.1. The van der Waals surface area contributed by atoms with Crippen molar-refractivity contribution in [1.82, 2.24) is 15.1 Å². The summed E-state index contributed by atoms with van der Waals surface area (Å²) in [4.78, 5) is 12.4. The van der Waals surface area contributed by atoms with Gasteiger partial charge in [-0.25, -0.2) is 9.07 Å². The number of rotatable bonds is 6. The van der Waals surface area contributed by atoms with Gasteiger partial charge in [-0.2, -0.15) is 5.10 Å². The van der Waals surface area contributed by atoms with Crippen molar-refractivity contribution < 1.29 is 18.7 Å². The Bertz CT molecular complexity index is 924. The lowest BCUT2D eigenvalue weighted by atomic mass is 10.2. The Morgan fingerprint density at radius 2 is 1.96 bits per heavy atom. The van der Waals surface area contributed by atoms with Crippen LogP contribution in [0.4, 0.5) is 4.39 Å². The molecule has 0 aliphatic heterocycles. The molecule has 6 nitrogen and oxygen atoms in total. The molecule has 0 saturated carbocycles. The third kappa shape index (κ3) is 3.66. The summed E-state index contributed by atoms with van der Waals surface area (Å²) < 4.78 is 25.4. The van der Waals surface area contributed by atoms with Crippen LogP contribution in [0.15, 0.2) is 54.7 Å². The number of para-hydroxylation sites is 1. The van der Waals surface area contributed by atoms with Gasteiger partial charge in [0, 0.05) is 18.3 Å². The SMILES string of the molecule is COc1cccc(CNC(=O)c2ccn(-c3cccc(F)c3)n2)c1OC. The van der Waals surface area contributed by atoms with E-state index in [9.17, 15) is 9.18 Å². The van der Waals surface area contributed by atoms with E-state index >= 15 is 0 Å². The van der Waals surface area contributed by atoms with Crippen LogP contribution in [0.5, 0.6) is 11.5 Å². The number of methoxy groups -OCH3 is 2. The second-order valence-electron chi connectivity index (χ2n) is 5.46. The number of aromatic nitrogens is 2. The number of carbonyl (C=O) groups is 1. The van der Waals surface area contributed by atoms with E-state index in [-0.39, 0.29) is 24.0 Å².